The van der Waals surface area contributed by atoms with E-state index in [4.69, 9.17) is 18.9 Å². The number of Topliss-reactive ketones (excluding diaryl/α,β-unsaturated/α-hetero) is 1. The van der Waals surface area contributed by atoms with Crippen LogP contribution in [0.2, 0.25) is 0 Å². The number of ketones is 1. The zero-order valence-corrected chi connectivity index (χ0v) is 18.3. The Hall–Kier alpha value is -0.490. The quantitative estimate of drug-likeness (QED) is 0.608. The Bertz CT molecular complexity index is 596. The van der Waals surface area contributed by atoms with Crippen molar-refractivity contribution in [1.29, 1.82) is 0 Å². The van der Waals surface area contributed by atoms with Gasteiger partial charge in [-0.25, -0.2) is 0 Å². The lowest BCUT2D eigenvalue weighted by Crippen LogP contribution is -2.38. The highest BCUT2D eigenvalue weighted by molar-refractivity contribution is 5.83. The lowest BCUT2D eigenvalue weighted by atomic mass is 9.70. The third kappa shape index (κ3) is 3.27. The van der Waals surface area contributed by atoms with Crippen LogP contribution in [0.3, 0.4) is 0 Å². The van der Waals surface area contributed by atoms with Gasteiger partial charge in [-0.3, -0.25) is 4.79 Å². The molecule has 0 aromatic carbocycles. The molecule has 0 amide bonds. The van der Waals surface area contributed by atoms with Crippen LogP contribution in [0.15, 0.2) is 0 Å². The summed E-state index contributed by atoms with van der Waals surface area (Å²) in [5.74, 6) is 0.970. The van der Waals surface area contributed by atoms with Gasteiger partial charge in [0.2, 0.25) is 0 Å². The maximum Gasteiger partial charge on any atom is 0.165 e. The predicted molar refractivity (Wildman–Crippen MR) is 106 cm³/mol. The molecule has 2 aliphatic carbocycles. The second-order valence-electron chi connectivity index (χ2n) is 10.4. The molecule has 2 bridgehead atoms. The number of ether oxygens (including phenoxy) is 4. The molecule has 1 unspecified atom stereocenters. The van der Waals surface area contributed by atoms with Crippen molar-refractivity contribution in [1.82, 2.24) is 0 Å². The van der Waals surface area contributed by atoms with Crippen molar-refractivity contribution in [3.63, 3.8) is 0 Å². The van der Waals surface area contributed by atoms with Gasteiger partial charge in [-0.1, -0.05) is 27.7 Å². The molecular weight excluding hydrogens is 356 g/mol. The summed E-state index contributed by atoms with van der Waals surface area (Å²) in [4.78, 5) is 12.7. The van der Waals surface area contributed by atoms with E-state index in [1.165, 1.54) is 12.8 Å². The minimum Gasteiger partial charge on any atom is -0.349 e. The smallest absolute Gasteiger partial charge is 0.165 e. The van der Waals surface area contributed by atoms with Crippen molar-refractivity contribution in [3.05, 3.63) is 0 Å². The molecule has 0 aromatic rings. The van der Waals surface area contributed by atoms with Crippen molar-refractivity contribution in [2.45, 2.75) is 104 Å². The van der Waals surface area contributed by atoms with E-state index in [1.54, 1.807) is 0 Å². The second kappa shape index (κ2) is 7.33. The van der Waals surface area contributed by atoms with Crippen molar-refractivity contribution in [2.24, 2.45) is 22.7 Å². The number of fused-ring (bicyclic) bond motifs is 5. The van der Waals surface area contributed by atoms with Gasteiger partial charge in [0.15, 0.2) is 17.9 Å². The summed E-state index contributed by atoms with van der Waals surface area (Å²) >= 11 is 0. The van der Waals surface area contributed by atoms with Crippen LogP contribution in [0.5, 0.6) is 0 Å². The number of carbonyl (C=O) groups is 1. The summed E-state index contributed by atoms with van der Waals surface area (Å²) < 4.78 is 23.9. The number of hydrogen-bond acceptors (Lipinski definition) is 5. The van der Waals surface area contributed by atoms with E-state index >= 15 is 0 Å². The first kappa shape index (κ1) is 20.8. The van der Waals surface area contributed by atoms with Crippen molar-refractivity contribution >= 4 is 5.78 Å². The highest BCUT2D eigenvalue weighted by Gasteiger charge is 2.69. The molecule has 0 aromatic heterocycles. The summed E-state index contributed by atoms with van der Waals surface area (Å²) in [6.45, 7) is 12.5. The highest BCUT2D eigenvalue weighted by atomic mass is 16.7. The minimum absolute atomic E-state index is 0.180. The zero-order valence-electron chi connectivity index (χ0n) is 18.3. The van der Waals surface area contributed by atoms with Crippen LogP contribution in [0, 0.1) is 22.7 Å². The second-order valence-corrected chi connectivity index (χ2v) is 10.4. The Labute approximate surface area is 169 Å². The monoisotopic (exact) mass is 394 g/mol. The van der Waals surface area contributed by atoms with E-state index in [-0.39, 0.29) is 29.7 Å². The molecule has 5 heteroatoms. The van der Waals surface area contributed by atoms with Crippen LogP contribution in [0.4, 0.5) is 0 Å². The molecule has 5 nitrogen and oxygen atoms in total. The van der Waals surface area contributed by atoms with E-state index in [0.29, 0.717) is 37.4 Å². The van der Waals surface area contributed by atoms with E-state index in [0.717, 1.165) is 25.2 Å². The number of hydrogen-bond donors (Lipinski definition) is 0. The Kier molecular flexibility index (Phi) is 5.44. The van der Waals surface area contributed by atoms with E-state index < -0.39 is 5.79 Å². The van der Waals surface area contributed by atoms with Gasteiger partial charge in [-0.2, -0.15) is 0 Å². The van der Waals surface area contributed by atoms with Crippen molar-refractivity contribution < 1.29 is 23.7 Å². The van der Waals surface area contributed by atoms with E-state index in [9.17, 15) is 4.79 Å². The first-order chi connectivity index (χ1) is 13.2. The fraction of sp³-hybridized carbons (Fsp3) is 0.957. The van der Waals surface area contributed by atoms with Gasteiger partial charge in [0.25, 0.3) is 0 Å². The number of rotatable bonds is 8. The number of carbonyl (C=O) groups excluding carboxylic acids is 1. The molecule has 2 saturated heterocycles. The highest BCUT2D eigenvalue weighted by Crippen LogP contribution is 2.71. The molecular formula is C23H38O5. The third-order valence-electron chi connectivity index (χ3n) is 8.67. The molecule has 2 saturated carbocycles. The topological polar surface area (TPSA) is 54.0 Å². The first-order valence-corrected chi connectivity index (χ1v) is 11.3. The van der Waals surface area contributed by atoms with E-state index in [2.05, 4.69) is 20.8 Å². The van der Waals surface area contributed by atoms with Crippen LogP contribution in [0.1, 0.15) is 79.6 Å². The van der Waals surface area contributed by atoms with Crippen LogP contribution in [0.25, 0.3) is 0 Å². The molecule has 2 aliphatic heterocycles. The molecule has 0 radical (unpaired) electrons. The molecule has 160 valence electrons. The van der Waals surface area contributed by atoms with Gasteiger partial charge >= 0.3 is 0 Å². The molecule has 6 atom stereocenters. The molecule has 2 heterocycles. The minimum atomic E-state index is -0.517. The molecule has 4 aliphatic rings. The van der Waals surface area contributed by atoms with Crippen LogP contribution in [-0.2, 0) is 23.7 Å². The average molecular weight is 395 g/mol. The standard InChI is InChI=1S/C23H38O5/c1-6-18(17(24)8-7-10-23(5)25-12-13-26-23)27-19-14-15-16-9-11-22(4,20(15)28-19)21(16,2)3/h15-16,18-20H,6-14H2,1-5H3/t15-,16+,18?,19+,20-,22-/m0/s1. The lowest BCUT2D eigenvalue weighted by Gasteiger charge is -2.38. The predicted octanol–water partition coefficient (Wildman–Crippen LogP) is 4.47. The van der Waals surface area contributed by atoms with Gasteiger partial charge in [-0.15, -0.1) is 0 Å². The maximum absolute atomic E-state index is 12.7. The van der Waals surface area contributed by atoms with Gasteiger partial charge in [-0.05, 0) is 55.3 Å². The van der Waals surface area contributed by atoms with Crippen molar-refractivity contribution in [2.75, 3.05) is 13.2 Å². The Morgan fingerprint density at radius 1 is 1.18 bits per heavy atom. The molecule has 0 spiro atoms. The Morgan fingerprint density at radius 2 is 1.89 bits per heavy atom. The third-order valence-corrected chi connectivity index (χ3v) is 8.67. The molecule has 28 heavy (non-hydrogen) atoms. The summed E-state index contributed by atoms with van der Waals surface area (Å²) in [5, 5.41) is 0. The SMILES string of the molecule is CCC(O[C@H]1C[C@H]2[C@H]3CC[C@@](C)([C@H]2O1)C3(C)C)C(=O)CCCC1(C)OCCO1. The van der Waals surface area contributed by atoms with Gasteiger partial charge in [0.1, 0.15) is 6.10 Å². The largest absolute Gasteiger partial charge is 0.349 e. The molecule has 4 rings (SSSR count). The van der Waals surface area contributed by atoms with Gasteiger partial charge in [0, 0.05) is 19.3 Å². The normalized spacial score (nSPS) is 41.3. The Balaban J connectivity index is 1.28. The lowest BCUT2D eigenvalue weighted by molar-refractivity contribution is -0.190. The van der Waals surface area contributed by atoms with Crippen LogP contribution < -0.4 is 0 Å². The fourth-order valence-corrected chi connectivity index (χ4v) is 6.60. The zero-order chi connectivity index (χ0) is 20.2. The summed E-state index contributed by atoms with van der Waals surface area (Å²) in [7, 11) is 0. The molecule has 4 fully saturated rings. The van der Waals surface area contributed by atoms with Gasteiger partial charge in [0.05, 0.1) is 19.3 Å². The van der Waals surface area contributed by atoms with Crippen LogP contribution >= 0.6 is 0 Å². The maximum atomic E-state index is 12.7. The average Bonchev–Trinajstić information content (AvgIpc) is 3.34. The van der Waals surface area contributed by atoms with Gasteiger partial charge < -0.3 is 18.9 Å². The van der Waals surface area contributed by atoms with Crippen molar-refractivity contribution in [3.8, 4) is 0 Å². The Morgan fingerprint density at radius 3 is 2.54 bits per heavy atom. The summed E-state index contributed by atoms with van der Waals surface area (Å²) in [5.41, 5.74) is 0.580. The summed E-state index contributed by atoms with van der Waals surface area (Å²) in [6, 6.07) is 0. The molecule has 0 N–H and O–H groups in total. The van der Waals surface area contributed by atoms with E-state index in [1.807, 2.05) is 13.8 Å². The van der Waals surface area contributed by atoms with Crippen LogP contribution in [-0.4, -0.2) is 43.3 Å². The summed E-state index contributed by atoms with van der Waals surface area (Å²) in [6.07, 6.45) is 5.91. The first-order valence-electron chi connectivity index (χ1n) is 11.3. The fourth-order valence-electron chi connectivity index (χ4n) is 6.60.